The van der Waals surface area contributed by atoms with E-state index in [0.29, 0.717) is 13.0 Å². The maximum atomic E-state index is 12.5. The average molecular weight is 355 g/mol. The van der Waals surface area contributed by atoms with E-state index in [1.54, 1.807) is 12.1 Å². The molecule has 1 saturated heterocycles. The second kappa shape index (κ2) is 6.72. The van der Waals surface area contributed by atoms with Crippen LogP contribution in [0.3, 0.4) is 0 Å². The van der Waals surface area contributed by atoms with Crippen molar-refractivity contribution in [3.8, 4) is 0 Å². The highest BCUT2D eigenvalue weighted by Crippen LogP contribution is 2.35. The van der Waals surface area contributed by atoms with E-state index in [1.807, 2.05) is 27.7 Å². The third-order valence-corrected chi connectivity index (χ3v) is 5.85. The van der Waals surface area contributed by atoms with Crippen molar-refractivity contribution in [2.24, 2.45) is 11.3 Å². The largest absolute Gasteiger partial charge is 0.465 e. The molecule has 6 nitrogen and oxygen atoms in total. The summed E-state index contributed by atoms with van der Waals surface area (Å²) in [4.78, 5) is 12.7. The monoisotopic (exact) mass is 355 g/mol. The van der Waals surface area contributed by atoms with Gasteiger partial charge in [0.1, 0.15) is 0 Å². The summed E-state index contributed by atoms with van der Waals surface area (Å²) in [6.07, 6.45) is -1.21. The van der Waals surface area contributed by atoms with Crippen molar-refractivity contribution in [2.75, 3.05) is 13.1 Å². The lowest BCUT2D eigenvalue weighted by Crippen LogP contribution is -2.50. The molecule has 2 rings (SSSR count). The van der Waals surface area contributed by atoms with Crippen LogP contribution in [0.25, 0.3) is 0 Å². The topological polar surface area (TPSA) is 83.9 Å². The van der Waals surface area contributed by atoms with Gasteiger partial charge >= 0.3 is 6.09 Å². The molecule has 1 amide bonds. The van der Waals surface area contributed by atoms with Gasteiger partial charge in [0, 0.05) is 6.54 Å². The lowest BCUT2D eigenvalue weighted by Gasteiger charge is -2.41. The standard InChI is InChI=1S/C17H25NO5S/c1-12-5-7-15(8-6-12)24(21,22)23-14-9-13(17(2,3)4)10-18(11-14)16(19)20/h5-8,13-14H,9-11H2,1-4H3,(H,19,20). The number of benzene rings is 1. The quantitative estimate of drug-likeness (QED) is 0.842. The molecule has 0 bridgehead atoms. The molecule has 0 saturated carbocycles. The summed E-state index contributed by atoms with van der Waals surface area (Å²) in [7, 11) is -3.91. The number of carbonyl (C=O) groups is 1. The number of likely N-dealkylation sites (tertiary alicyclic amines) is 1. The van der Waals surface area contributed by atoms with E-state index in [2.05, 4.69) is 0 Å². The molecular formula is C17H25NO5S. The zero-order valence-corrected chi connectivity index (χ0v) is 15.3. The van der Waals surface area contributed by atoms with Crippen LogP contribution in [0.5, 0.6) is 0 Å². The molecule has 1 aromatic rings. The van der Waals surface area contributed by atoms with Crippen molar-refractivity contribution in [3.63, 3.8) is 0 Å². The van der Waals surface area contributed by atoms with Gasteiger partial charge in [-0.25, -0.2) is 4.79 Å². The first-order valence-corrected chi connectivity index (χ1v) is 9.37. The minimum absolute atomic E-state index is 0.0283. The predicted molar refractivity (Wildman–Crippen MR) is 90.4 cm³/mol. The van der Waals surface area contributed by atoms with E-state index < -0.39 is 22.3 Å². The molecule has 24 heavy (non-hydrogen) atoms. The summed E-state index contributed by atoms with van der Waals surface area (Å²) in [6, 6.07) is 6.42. The summed E-state index contributed by atoms with van der Waals surface area (Å²) >= 11 is 0. The molecule has 0 spiro atoms. The van der Waals surface area contributed by atoms with E-state index in [9.17, 15) is 18.3 Å². The Kier molecular flexibility index (Phi) is 5.25. The van der Waals surface area contributed by atoms with Gasteiger partial charge in [-0.1, -0.05) is 38.5 Å². The van der Waals surface area contributed by atoms with Gasteiger partial charge in [0.15, 0.2) is 0 Å². The number of piperidine rings is 1. The van der Waals surface area contributed by atoms with Crippen LogP contribution in [0.2, 0.25) is 0 Å². The van der Waals surface area contributed by atoms with Gasteiger partial charge in [0.2, 0.25) is 0 Å². The molecule has 0 aliphatic carbocycles. The Hall–Kier alpha value is -1.60. The van der Waals surface area contributed by atoms with Gasteiger partial charge in [-0.3, -0.25) is 4.18 Å². The van der Waals surface area contributed by atoms with Crippen molar-refractivity contribution < 1.29 is 22.5 Å². The highest BCUT2D eigenvalue weighted by Gasteiger charge is 2.38. The third-order valence-electron chi connectivity index (χ3n) is 4.48. The number of hydrogen-bond donors (Lipinski definition) is 1. The minimum Gasteiger partial charge on any atom is -0.465 e. The summed E-state index contributed by atoms with van der Waals surface area (Å²) in [5.41, 5.74) is 0.819. The highest BCUT2D eigenvalue weighted by molar-refractivity contribution is 7.86. The second-order valence-corrected chi connectivity index (χ2v) is 9.04. The average Bonchev–Trinajstić information content (AvgIpc) is 2.46. The maximum absolute atomic E-state index is 12.5. The molecule has 0 radical (unpaired) electrons. The number of amides is 1. The van der Waals surface area contributed by atoms with Crippen molar-refractivity contribution in [2.45, 2.75) is 45.1 Å². The van der Waals surface area contributed by atoms with Crippen molar-refractivity contribution in [1.82, 2.24) is 4.90 Å². The summed E-state index contributed by atoms with van der Waals surface area (Å²) < 4.78 is 30.3. The number of rotatable bonds is 3. The van der Waals surface area contributed by atoms with E-state index in [-0.39, 0.29) is 22.8 Å². The number of hydrogen-bond acceptors (Lipinski definition) is 4. The summed E-state index contributed by atoms with van der Waals surface area (Å²) in [5, 5.41) is 9.31. The normalized spacial score (nSPS) is 22.4. The van der Waals surface area contributed by atoms with Crippen LogP contribution in [0.1, 0.15) is 32.8 Å². The number of carboxylic acid groups (broad SMARTS) is 1. The van der Waals surface area contributed by atoms with Gasteiger partial charge in [0.25, 0.3) is 10.1 Å². The van der Waals surface area contributed by atoms with Gasteiger partial charge in [-0.15, -0.1) is 0 Å². The minimum atomic E-state index is -3.91. The molecule has 7 heteroatoms. The Morgan fingerprint density at radius 3 is 2.29 bits per heavy atom. The molecule has 1 heterocycles. The van der Waals surface area contributed by atoms with E-state index in [1.165, 1.54) is 17.0 Å². The fraction of sp³-hybridized carbons (Fsp3) is 0.588. The van der Waals surface area contributed by atoms with Crippen LogP contribution >= 0.6 is 0 Å². The zero-order valence-electron chi connectivity index (χ0n) is 14.5. The van der Waals surface area contributed by atoms with E-state index >= 15 is 0 Å². The smallest absolute Gasteiger partial charge is 0.407 e. The lowest BCUT2D eigenvalue weighted by molar-refractivity contribution is 0.0235. The Balaban J connectivity index is 2.20. The van der Waals surface area contributed by atoms with Crippen molar-refractivity contribution >= 4 is 16.2 Å². The lowest BCUT2D eigenvalue weighted by atomic mass is 9.75. The SMILES string of the molecule is Cc1ccc(S(=O)(=O)OC2CC(C(C)(C)C)CN(C(=O)O)C2)cc1. The fourth-order valence-electron chi connectivity index (χ4n) is 2.85. The Morgan fingerprint density at radius 1 is 1.21 bits per heavy atom. The van der Waals surface area contributed by atoms with E-state index in [0.717, 1.165) is 5.56 Å². The maximum Gasteiger partial charge on any atom is 0.407 e. The molecular weight excluding hydrogens is 330 g/mol. The van der Waals surface area contributed by atoms with E-state index in [4.69, 9.17) is 4.18 Å². The molecule has 1 aliphatic heterocycles. The van der Waals surface area contributed by atoms with Crippen LogP contribution in [-0.4, -0.2) is 43.7 Å². The second-order valence-electron chi connectivity index (χ2n) is 7.47. The van der Waals surface area contributed by atoms with Crippen molar-refractivity contribution in [3.05, 3.63) is 29.8 Å². The first-order chi connectivity index (χ1) is 11.0. The fourth-order valence-corrected chi connectivity index (χ4v) is 3.92. The Bertz CT molecular complexity index is 691. The molecule has 0 aromatic heterocycles. The van der Waals surface area contributed by atoms with Crippen LogP contribution < -0.4 is 0 Å². The van der Waals surface area contributed by atoms with Gasteiger partial charge in [-0.2, -0.15) is 8.42 Å². The molecule has 1 fully saturated rings. The number of aryl methyl sites for hydroxylation is 1. The highest BCUT2D eigenvalue weighted by atomic mass is 32.2. The van der Waals surface area contributed by atoms with Crippen LogP contribution in [0, 0.1) is 18.3 Å². The van der Waals surface area contributed by atoms with Crippen LogP contribution in [0.4, 0.5) is 4.79 Å². The van der Waals surface area contributed by atoms with Crippen molar-refractivity contribution in [1.29, 1.82) is 0 Å². The van der Waals surface area contributed by atoms with Gasteiger partial charge < -0.3 is 10.0 Å². The van der Waals surface area contributed by atoms with Gasteiger partial charge in [-0.05, 0) is 36.8 Å². The Morgan fingerprint density at radius 2 is 1.79 bits per heavy atom. The molecule has 2 atom stereocenters. The summed E-state index contributed by atoms with van der Waals surface area (Å²) in [6.45, 7) is 8.39. The number of nitrogens with zero attached hydrogens (tertiary/aromatic N) is 1. The molecule has 2 unspecified atom stereocenters. The first-order valence-electron chi connectivity index (χ1n) is 7.97. The van der Waals surface area contributed by atoms with Gasteiger partial charge in [0.05, 0.1) is 17.5 Å². The Labute approximate surface area is 143 Å². The molecule has 1 N–H and O–H groups in total. The third kappa shape index (κ3) is 4.48. The summed E-state index contributed by atoms with van der Waals surface area (Å²) in [5.74, 6) is 0.0283. The molecule has 1 aliphatic rings. The molecule has 134 valence electrons. The molecule has 1 aromatic carbocycles. The first kappa shape index (κ1) is 18.7. The van der Waals surface area contributed by atoms with Crippen LogP contribution in [-0.2, 0) is 14.3 Å². The van der Waals surface area contributed by atoms with Crippen LogP contribution in [0.15, 0.2) is 29.2 Å². The predicted octanol–water partition coefficient (Wildman–Crippen LogP) is 3.11. The zero-order chi connectivity index (χ0) is 18.1.